The molecule has 1 aliphatic heterocycles. The molecule has 0 unspecified atom stereocenters. The van der Waals surface area contributed by atoms with Crippen LogP contribution in [0.1, 0.15) is 23.4 Å². The zero-order valence-corrected chi connectivity index (χ0v) is 8.90. The lowest BCUT2D eigenvalue weighted by atomic mass is 10.1. The second kappa shape index (κ2) is 4.49. The predicted molar refractivity (Wildman–Crippen MR) is 56.7 cm³/mol. The molecule has 1 aromatic rings. The maximum absolute atomic E-state index is 11.6. The van der Waals surface area contributed by atoms with Crippen LogP contribution < -0.4 is 5.32 Å². The summed E-state index contributed by atoms with van der Waals surface area (Å²) in [5.41, 5.74) is 0. The first kappa shape index (κ1) is 10.2. The summed E-state index contributed by atoms with van der Waals surface area (Å²) in [5.74, 6) is 0.295. The lowest BCUT2D eigenvalue weighted by molar-refractivity contribution is 0.0889. The summed E-state index contributed by atoms with van der Waals surface area (Å²) in [6.45, 7) is 2.09. The second-order valence-corrected chi connectivity index (χ2v) is 4.03. The SMILES string of the molecule is CN1CCC(NC(=O)c2ccco2)CC1. The predicted octanol–water partition coefficient (Wildman–Crippen LogP) is 1.10. The van der Waals surface area contributed by atoms with Crippen LogP contribution in [0.5, 0.6) is 0 Å². The number of nitrogens with one attached hydrogen (secondary N) is 1. The molecule has 0 radical (unpaired) electrons. The molecule has 4 heteroatoms. The Morgan fingerprint density at radius 2 is 2.27 bits per heavy atom. The first-order valence-corrected chi connectivity index (χ1v) is 5.28. The van der Waals surface area contributed by atoms with Crippen LogP contribution in [-0.2, 0) is 0 Å². The quantitative estimate of drug-likeness (QED) is 0.791. The number of furan rings is 1. The molecule has 4 nitrogen and oxygen atoms in total. The van der Waals surface area contributed by atoms with Crippen molar-refractivity contribution in [2.24, 2.45) is 0 Å². The van der Waals surface area contributed by atoms with E-state index in [4.69, 9.17) is 4.42 Å². The fourth-order valence-electron chi connectivity index (χ4n) is 1.82. The van der Waals surface area contributed by atoms with Crippen molar-refractivity contribution >= 4 is 5.91 Å². The second-order valence-electron chi connectivity index (χ2n) is 4.03. The largest absolute Gasteiger partial charge is 0.459 e. The zero-order chi connectivity index (χ0) is 10.7. The molecule has 15 heavy (non-hydrogen) atoms. The molecular weight excluding hydrogens is 192 g/mol. The lowest BCUT2D eigenvalue weighted by Gasteiger charge is -2.29. The van der Waals surface area contributed by atoms with Gasteiger partial charge in [-0.2, -0.15) is 0 Å². The number of hydrogen-bond donors (Lipinski definition) is 1. The Kier molecular flexibility index (Phi) is 3.06. The average Bonchev–Trinajstić information content (AvgIpc) is 2.74. The van der Waals surface area contributed by atoms with Crippen LogP contribution in [-0.4, -0.2) is 37.0 Å². The van der Waals surface area contributed by atoms with Gasteiger partial charge >= 0.3 is 0 Å². The highest BCUT2D eigenvalue weighted by Crippen LogP contribution is 2.09. The third-order valence-corrected chi connectivity index (χ3v) is 2.80. The molecule has 0 aromatic carbocycles. The van der Waals surface area contributed by atoms with Crippen LogP contribution in [0, 0.1) is 0 Å². The smallest absolute Gasteiger partial charge is 0.287 e. The summed E-state index contributed by atoms with van der Waals surface area (Å²) in [5, 5.41) is 2.98. The molecule has 0 spiro atoms. The summed E-state index contributed by atoms with van der Waals surface area (Å²) in [6.07, 6.45) is 3.55. The third kappa shape index (κ3) is 2.59. The first-order chi connectivity index (χ1) is 7.25. The van der Waals surface area contributed by atoms with Gasteiger partial charge in [0.2, 0.25) is 0 Å². The molecule has 1 saturated heterocycles. The van der Waals surface area contributed by atoms with Crippen molar-refractivity contribution in [3.63, 3.8) is 0 Å². The van der Waals surface area contributed by atoms with Gasteiger partial charge in [-0.3, -0.25) is 4.79 Å². The standard InChI is InChI=1S/C11H16N2O2/c1-13-6-4-9(5-7-13)12-11(14)10-3-2-8-15-10/h2-3,8-9H,4-7H2,1H3,(H,12,14). The molecular formula is C11H16N2O2. The molecule has 1 aromatic heterocycles. The Bertz CT molecular complexity index is 313. The first-order valence-electron chi connectivity index (χ1n) is 5.28. The van der Waals surface area contributed by atoms with E-state index in [0.717, 1.165) is 25.9 Å². The van der Waals surface area contributed by atoms with Crippen LogP contribution in [0.3, 0.4) is 0 Å². The number of carbonyl (C=O) groups excluding carboxylic acids is 1. The minimum Gasteiger partial charge on any atom is -0.459 e. The van der Waals surface area contributed by atoms with Gasteiger partial charge < -0.3 is 14.6 Å². The van der Waals surface area contributed by atoms with E-state index in [1.54, 1.807) is 12.1 Å². The van der Waals surface area contributed by atoms with Crippen LogP contribution in [0.25, 0.3) is 0 Å². The Balaban J connectivity index is 1.85. The minimum atomic E-state index is -0.102. The van der Waals surface area contributed by atoms with E-state index in [0.29, 0.717) is 11.8 Å². The van der Waals surface area contributed by atoms with Gasteiger partial charge in [-0.15, -0.1) is 0 Å². The van der Waals surface area contributed by atoms with Crippen molar-refractivity contribution in [3.05, 3.63) is 24.2 Å². The van der Waals surface area contributed by atoms with Gasteiger partial charge in [0.15, 0.2) is 5.76 Å². The van der Waals surface area contributed by atoms with Crippen molar-refractivity contribution in [2.45, 2.75) is 18.9 Å². The fourth-order valence-corrected chi connectivity index (χ4v) is 1.82. The highest BCUT2D eigenvalue weighted by atomic mass is 16.3. The summed E-state index contributed by atoms with van der Waals surface area (Å²) < 4.78 is 5.04. The Labute approximate surface area is 89.2 Å². The normalized spacial score (nSPS) is 19.0. The molecule has 0 aliphatic carbocycles. The highest BCUT2D eigenvalue weighted by molar-refractivity contribution is 5.91. The number of piperidine rings is 1. The summed E-state index contributed by atoms with van der Waals surface area (Å²) in [7, 11) is 2.10. The van der Waals surface area contributed by atoms with E-state index in [1.807, 2.05) is 0 Å². The van der Waals surface area contributed by atoms with E-state index >= 15 is 0 Å². The van der Waals surface area contributed by atoms with Crippen molar-refractivity contribution in [1.29, 1.82) is 0 Å². The van der Waals surface area contributed by atoms with Crippen LogP contribution in [0.4, 0.5) is 0 Å². The third-order valence-electron chi connectivity index (χ3n) is 2.80. The lowest BCUT2D eigenvalue weighted by Crippen LogP contribution is -2.43. The zero-order valence-electron chi connectivity index (χ0n) is 8.90. The number of amides is 1. The molecule has 1 fully saturated rings. The van der Waals surface area contributed by atoms with Crippen LogP contribution >= 0.6 is 0 Å². The van der Waals surface area contributed by atoms with Gasteiger partial charge in [-0.05, 0) is 45.1 Å². The van der Waals surface area contributed by atoms with E-state index < -0.39 is 0 Å². The van der Waals surface area contributed by atoms with E-state index in [2.05, 4.69) is 17.3 Å². The van der Waals surface area contributed by atoms with Crippen LogP contribution in [0.2, 0.25) is 0 Å². The van der Waals surface area contributed by atoms with Gasteiger partial charge in [0.05, 0.1) is 6.26 Å². The van der Waals surface area contributed by atoms with Crippen molar-refractivity contribution in [1.82, 2.24) is 10.2 Å². The molecule has 1 amide bonds. The van der Waals surface area contributed by atoms with Gasteiger partial charge in [0, 0.05) is 6.04 Å². The molecule has 1 aliphatic rings. The molecule has 0 saturated carbocycles. The topological polar surface area (TPSA) is 45.5 Å². The molecule has 2 rings (SSSR count). The number of rotatable bonds is 2. The van der Waals surface area contributed by atoms with Crippen LogP contribution in [0.15, 0.2) is 22.8 Å². The minimum absolute atomic E-state index is 0.102. The van der Waals surface area contributed by atoms with Crippen molar-refractivity contribution in [2.75, 3.05) is 20.1 Å². The maximum Gasteiger partial charge on any atom is 0.287 e. The molecule has 2 heterocycles. The summed E-state index contributed by atoms with van der Waals surface area (Å²) in [4.78, 5) is 13.9. The van der Waals surface area contributed by atoms with E-state index in [-0.39, 0.29) is 5.91 Å². The fraction of sp³-hybridized carbons (Fsp3) is 0.545. The highest BCUT2D eigenvalue weighted by Gasteiger charge is 2.19. The number of carbonyl (C=O) groups is 1. The number of likely N-dealkylation sites (tertiary alicyclic amines) is 1. The summed E-state index contributed by atoms with van der Waals surface area (Å²) in [6, 6.07) is 3.70. The Hall–Kier alpha value is -1.29. The maximum atomic E-state index is 11.6. The van der Waals surface area contributed by atoms with Crippen molar-refractivity contribution in [3.8, 4) is 0 Å². The average molecular weight is 208 g/mol. The Morgan fingerprint density at radius 1 is 1.53 bits per heavy atom. The Morgan fingerprint density at radius 3 is 2.87 bits per heavy atom. The van der Waals surface area contributed by atoms with Gasteiger partial charge in [0.25, 0.3) is 5.91 Å². The van der Waals surface area contributed by atoms with Gasteiger partial charge in [-0.1, -0.05) is 0 Å². The monoisotopic (exact) mass is 208 g/mol. The van der Waals surface area contributed by atoms with Gasteiger partial charge in [-0.25, -0.2) is 0 Å². The number of hydrogen-bond acceptors (Lipinski definition) is 3. The molecule has 82 valence electrons. The molecule has 0 atom stereocenters. The molecule has 0 bridgehead atoms. The van der Waals surface area contributed by atoms with Gasteiger partial charge in [0.1, 0.15) is 0 Å². The van der Waals surface area contributed by atoms with Crippen molar-refractivity contribution < 1.29 is 9.21 Å². The molecule has 1 N–H and O–H groups in total. The number of nitrogens with zero attached hydrogens (tertiary/aromatic N) is 1. The van der Waals surface area contributed by atoms with E-state index in [9.17, 15) is 4.79 Å². The van der Waals surface area contributed by atoms with E-state index in [1.165, 1.54) is 6.26 Å². The summed E-state index contributed by atoms with van der Waals surface area (Å²) >= 11 is 0.